The van der Waals surface area contributed by atoms with Gasteiger partial charge >= 0.3 is 0 Å². The van der Waals surface area contributed by atoms with Crippen LogP contribution >= 0.6 is 0 Å². The molecule has 2 N–H and O–H groups in total. The molecule has 0 aliphatic rings. The molecule has 0 spiro atoms. The minimum absolute atomic E-state index is 0.00384. The number of amides is 1. The average molecular weight is 303 g/mol. The largest absolute Gasteiger partial charge is 0.356 e. The quantitative estimate of drug-likeness (QED) is 0.751. The summed E-state index contributed by atoms with van der Waals surface area (Å²) in [5, 5.41) is 7.17. The van der Waals surface area contributed by atoms with Gasteiger partial charge in [-0.15, -0.1) is 0 Å². The van der Waals surface area contributed by atoms with E-state index < -0.39 is 0 Å². The Hall–Kier alpha value is -2.44. The van der Waals surface area contributed by atoms with Crippen LogP contribution in [0.15, 0.2) is 12.4 Å². The maximum Gasteiger partial charge on any atom is 0.221 e. The molecule has 0 aromatic carbocycles. The van der Waals surface area contributed by atoms with Crippen molar-refractivity contribution in [3.8, 4) is 0 Å². The number of rotatable bonds is 7. The van der Waals surface area contributed by atoms with Crippen LogP contribution in [0.2, 0.25) is 0 Å². The van der Waals surface area contributed by atoms with Gasteiger partial charge in [0.25, 0.3) is 0 Å². The SMILES string of the molecule is CC(=O)c1c(C)nn(CCC(=O)NCCc2ncc[nH]2)c1C. The zero-order valence-corrected chi connectivity index (χ0v) is 13.1. The molecular formula is C15H21N5O2. The molecule has 0 bridgehead atoms. The first-order chi connectivity index (χ1) is 10.5. The Labute approximate surface area is 129 Å². The Bertz CT molecular complexity index is 658. The van der Waals surface area contributed by atoms with E-state index in [4.69, 9.17) is 0 Å². The minimum Gasteiger partial charge on any atom is -0.356 e. The fraction of sp³-hybridized carbons (Fsp3) is 0.467. The Morgan fingerprint density at radius 1 is 1.36 bits per heavy atom. The van der Waals surface area contributed by atoms with E-state index in [1.165, 1.54) is 6.92 Å². The summed E-state index contributed by atoms with van der Waals surface area (Å²) in [6.45, 7) is 6.20. The lowest BCUT2D eigenvalue weighted by molar-refractivity contribution is -0.121. The molecule has 0 saturated heterocycles. The van der Waals surface area contributed by atoms with E-state index in [1.807, 2.05) is 13.8 Å². The number of carbonyl (C=O) groups excluding carboxylic acids is 2. The summed E-state index contributed by atoms with van der Waals surface area (Å²) >= 11 is 0. The van der Waals surface area contributed by atoms with Crippen LogP contribution < -0.4 is 5.32 Å². The van der Waals surface area contributed by atoms with Crippen molar-refractivity contribution in [3.63, 3.8) is 0 Å². The number of hydrogen-bond donors (Lipinski definition) is 2. The maximum atomic E-state index is 11.8. The number of Topliss-reactive ketones (excluding diaryl/α,β-unsaturated/α-hetero) is 1. The number of nitrogens with one attached hydrogen (secondary N) is 2. The Morgan fingerprint density at radius 3 is 2.73 bits per heavy atom. The molecule has 7 nitrogen and oxygen atoms in total. The zero-order chi connectivity index (χ0) is 16.1. The van der Waals surface area contributed by atoms with Crippen molar-refractivity contribution in [2.75, 3.05) is 6.54 Å². The van der Waals surface area contributed by atoms with Crippen molar-refractivity contribution < 1.29 is 9.59 Å². The molecule has 0 unspecified atom stereocenters. The number of nitrogens with zero attached hydrogens (tertiary/aromatic N) is 3. The van der Waals surface area contributed by atoms with Gasteiger partial charge in [-0.2, -0.15) is 5.10 Å². The third-order valence-electron chi connectivity index (χ3n) is 3.52. The number of H-pyrrole nitrogens is 1. The first-order valence-corrected chi connectivity index (χ1v) is 7.29. The van der Waals surface area contributed by atoms with Crippen LogP contribution in [-0.2, 0) is 17.8 Å². The smallest absolute Gasteiger partial charge is 0.221 e. The molecule has 2 aromatic rings. The maximum absolute atomic E-state index is 11.8. The van der Waals surface area contributed by atoms with Gasteiger partial charge in [0.05, 0.1) is 11.3 Å². The highest BCUT2D eigenvalue weighted by molar-refractivity contribution is 5.96. The highest BCUT2D eigenvalue weighted by Crippen LogP contribution is 2.13. The van der Waals surface area contributed by atoms with Gasteiger partial charge in [-0.05, 0) is 20.8 Å². The number of aromatic amines is 1. The van der Waals surface area contributed by atoms with E-state index in [1.54, 1.807) is 17.1 Å². The molecule has 0 saturated carbocycles. The molecular weight excluding hydrogens is 282 g/mol. The lowest BCUT2D eigenvalue weighted by Crippen LogP contribution is -2.27. The topological polar surface area (TPSA) is 92.7 Å². The Balaban J connectivity index is 1.81. The van der Waals surface area contributed by atoms with Crippen molar-refractivity contribution in [1.82, 2.24) is 25.1 Å². The highest BCUT2D eigenvalue weighted by Gasteiger charge is 2.15. The summed E-state index contributed by atoms with van der Waals surface area (Å²) in [6, 6.07) is 0. The molecule has 118 valence electrons. The zero-order valence-electron chi connectivity index (χ0n) is 13.1. The van der Waals surface area contributed by atoms with Gasteiger partial charge in [0.1, 0.15) is 5.82 Å². The molecule has 0 fully saturated rings. The molecule has 1 amide bonds. The monoisotopic (exact) mass is 303 g/mol. The van der Waals surface area contributed by atoms with Crippen molar-refractivity contribution in [2.45, 2.75) is 40.2 Å². The van der Waals surface area contributed by atoms with Gasteiger partial charge in [-0.1, -0.05) is 0 Å². The number of hydrogen-bond acceptors (Lipinski definition) is 4. The van der Waals surface area contributed by atoms with Crippen LogP contribution in [0, 0.1) is 13.8 Å². The highest BCUT2D eigenvalue weighted by atomic mass is 16.1. The summed E-state index contributed by atoms with van der Waals surface area (Å²) in [5.74, 6) is 0.817. The summed E-state index contributed by atoms with van der Waals surface area (Å²) < 4.78 is 1.72. The summed E-state index contributed by atoms with van der Waals surface area (Å²) in [5.41, 5.74) is 2.18. The lowest BCUT2D eigenvalue weighted by atomic mass is 10.1. The summed E-state index contributed by atoms with van der Waals surface area (Å²) in [4.78, 5) is 30.5. The van der Waals surface area contributed by atoms with Crippen molar-refractivity contribution >= 4 is 11.7 Å². The fourth-order valence-corrected chi connectivity index (χ4v) is 2.47. The summed E-state index contributed by atoms with van der Waals surface area (Å²) in [6.07, 6.45) is 4.45. The Morgan fingerprint density at radius 2 is 2.14 bits per heavy atom. The van der Waals surface area contributed by atoms with Crippen LogP contribution in [-0.4, -0.2) is 38.0 Å². The molecule has 2 heterocycles. The van der Waals surface area contributed by atoms with Crippen LogP contribution in [0.4, 0.5) is 0 Å². The predicted molar refractivity (Wildman–Crippen MR) is 81.6 cm³/mol. The molecule has 7 heteroatoms. The predicted octanol–water partition coefficient (Wildman–Crippen LogP) is 1.17. The van der Waals surface area contributed by atoms with Crippen LogP contribution in [0.3, 0.4) is 0 Å². The second-order valence-electron chi connectivity index (χ2n) is 5.21. The van der Waals surface area contributed by atoms with Crippen molar-refractivity contribution in [2.24, 2.45) is 0 Å². The van der Waals surface area contributed by atoms with Gasteiger partial charge in [-0.25, -0.2) is 4.98 Å². The number of imidazole rings is 1. The lowest BCUT2D eigenvalue weighted by Gasteiger charge is -2.06. The van der Waals surface area contributed by atoms with Gasteiger partial charge < -0.3 is 10.3 Å². The minimum atomic E-state index is -0.0384. The third-order valence-corrected chi connectivity index (χ3v) is 3.52. The number of carbonyl (C=O) groups is 2. The Kier molecular flexibility index (Phi) is 5.08. The van der Waals surface area contributed by atoms with E-state index in [0.29, 0.717) is 37.2 Å². The molecule has 0 radical (unpaired) electrons. The molecule has 0 aliphatic heterocycles. The van der Waals surface area contributed by atoms with Crippen molar-refractivity contribution in [3.05, 3.63) is 35.2 Å². The van der Waals surface area contributed by atoms with Gasteiger partial charge in [0.2, 0.25) is 5.91 Å². The molecule has 2 aromatic heterocycles. The second kappa shape index (κ2) is 7.02. The van der Waals surface area contributed by atoms with Gasteiger partial charge in [0.15, 0.2) is 5.78 Å². The van der Waals surface area contributed by atoms with E-state index >= 15 is 0 Å². The average Bonchev–Trinajstić information content (AvgIpc) is 3.05. The van der Waals surface area contributed by atoms with Crippen LogP contribution in [0.5, 0.6) is 0 Å². The van der Waals surface area contributed by atoms with Crippen molar-refractivity contribution in [1.29, 1.82) is 0 Å². The number of aryl methyl sites for hydroxylation is 2. The number of aromatic nitrogens is 4. The molecule has 2 rings (SSSR count). The van der Waals surface area contributed by atoms with Gasteiger partial charge in [-0.3, -0.25) is 14.3 Å². The summed E-state index contributed by atoms with van der Waals surface area (Å²) in [7, 11) is 0. The van der Waals surface area contributed by atoms with Gasteiger partial charge in [0, 0.05) is 44.0 Å². The van der Waals surface area contributed by atoms with Crippen LogP contribution in [0.1, 0.15) is 40.9 Å². The second-order valence-corrected chi connectivity index (χ2v) is 5.21. The third kappa shape index (κ3) is 3.81. The van der Waals surface area contributed by atoms with E-state index in [2.05, 4.69) is 20.4 Å². The molecule has 0 aliphatic carbocycles. The van der Waals surface area contributed by atoms with Crippen LogP contribution in [0.25, 0.3) is 0 Å². The molecule has 0 atom stereocenters. The first-order valence-electron chi connectivity index (χ1n) is 7.29. The standard InChI is InChI=1S/C15H21N5O2/c1-10-15(12(3)21)11(2)20(19-10)9-5-14(22)18-6-4-13-16-7-8-17-13/h7-8H,4-6,9H2,1-3H3,(H,16,17)(H,18,22). The fourth-order valence-electron chi connectivity index (χ4n) is 2.47. The van der Waals surface area contributed by atoms with E-state index in [0.717, 1.165) is 11.5 Å². The number of ketones is 1. The van der Waals surface area contributed by atoms with E-state index in [9.17, 15) is 9.59 Å². The van der Waals surface area contributed by atoms with E-state index in [-0.39, 0.29) is 11.7 Å². The normalized spacial score (nSPS) is 10.7. The molecule has 22 heavy (non-hydrogen) atoms. The first kappa shape index (κ1) is 15.9.